The van der Waals surface area contributed by atoms with Gasteiger partial charge in [0.2, 0.25) is 0 Å². The first-order valence-electron chi connectivity index (χ1n) is 8.46. The van der Waals surface area contributed by atoms with Gasteiger partial charge in [0.05, 0.1) is 20.8 Å². The Morgan fingerprint density at radius 1 is 1.26 bits per heavy atom. The second kappa shape index (κ2) is 7.56. The highest BCUT2D eigenvalue weighted by atomic mass is 16.5. The summed E-state index contributed by atoms with van der Waals surface area (Å²) < 4.78 is 12.0. The Bertz CT molecular complexity index is 877. The van der Waals surface area contributed by atoms with Crippen molar-refractivity contribution in [2.75, 3.05) is 20.8 Å². The fourth-order valence-corrected chi connectivity index (χ4v) is 3.22. The quantitative estimate of drug-likeness (QED) is 0.820. The van der Waals surface area contributed by atoms with Crippen LogP contribution in [0, 0.1) is 0 Å². The fraction of sp³-hybridized carbons (Fsp3) is 0.389. The first-order chi connectivity index (χ1) is 12.9. The molecular weight excluding hydrogens is 352 g/mol. The largest absolute Gasteiger partial charge is 0.493 e. The number of methoxy groups -OCH3 is 2. The first-order valence-corrected chi connectivity index (χ1v) is 8.46. The van der Waals surface area contributed by atoms with Crippen molar-refractivity contribution >= 4 is 12.0 Å². The van der Waals surface area contributed by atoms with Crippen LogP contribution in [0.4, 0.5) is 4.79 Å². The van der Waals surface area contributed by atoms with Crippen molar-refractivity contribution in [2.45, 2.75) is 19.5 Å². The molecule has 2 heterocycles. The molecule has 3 rings (SSSR count). The Morgan fingerprint density at radius 2 is 2.00 bits per heavy atom. The van der Waals surface area contributed by atoms with E-state index in [1.165, 1.54) is 0 Å². The summed E-state index contributed by atoms with van der Waals surface area (Å²) in [5.74, 6) is 0.127. The first kappa shape index (κ1) is 18.6. The number of aromatic nitrogens is 2. The highest BCUT2D eigenvalue weighted by molar-refractivity contribution is 5.87. The predicted octanol–water partition coefficient (Wildman–Crippen LogP) is 1.40. The maximum absolute atomic E-state index is 12.5. The second-order valence-electron chi connectivity index (χ2n) is 6.22. The zero-order valence-electron chi connectivity index (χ0n) is 15.5. The van der Waals surface area contributed by atoms with Crippen molar-refractivity contribution in [2.24, 2.45) is 7.05 Å². The average Bonchev–Trinajstić information content (AvgIpc) is 3.02. The van der Waals surface area contributed by atoms with Gasteiger partial charge >= 0.3 is 12.0 Å². The van der Waals surface area contributed by atoms with Gasteiger partial charge in [0.25, 0.3) is 0 Å². The van der Waals surface area contributed by atoms with E-state index in [1.807, 2.05) is 6.07 Å². The number of nitrogens with zero attached hydrogens (tertiary/aromatic N) is 3. The number of carbonyl (C=O) groups excluding carboxylic acids is 1. The molecule has 9 nitrogen and oxygen atoms in total. The SMILES string of the molecule is COc1ccc(CNC(=O)N2CCc3c(c(C(=O)O)nn3C)C2)cc1OC. The normalized spacial score (nSPS) is 13.1. The molecule has 0 fully saturated rings. The topological polar surface area (TPSA) is 106 Å². The van der Waals surface area contributed by atoms with Crippen LogP contribution in [0.15, 0.2) is 18.2 Å². The van der Waals surface area contributed by atoms with E-state index >= 15 is 0 Å². The number of carboxylic acid groups (broad SMARTS) is 1. The summed E-state index contributed by atoms with van der Waals surface area (Å²) in [5.41, 5.74) is 2.32. The van der Waals surface area contributed by atoms with Crippen LogP contribution >= 0.6 is 0 Å². The van der Waals surface area contributed by atoms with Crippen LogP contribution in [0.25, 0.3) is 0 Å². The Hall–Kier alpha value is -3.23. The van der Waals surface area contributed by atoms with Crippen molar-refractivity contribution in [3.63, 3.8) is 0 Å². The third kappa shape index (κ3) is 3.67. The number of urea groups is 1. The molecule has 2 aromatic rings. The molecule has 1 aromatic carbocycles. The maximum Gasteiger partial charge on any atom is 0.356 e. The molecule has 0 atom stereocenters. The molecule has 2 N–H and O–H groups in total. The average molecular weight is 374 g/mol. The zero-order chi connectivity index (χ0) is 19.6. The lowest BCUT2D eigenvalue weighted by atomic mass is 10.1. The van der Waals surface area contributed by atoms with Gasteiger partial charge in [-0.3, -0.25) is 4.68 Å². The molecule has 0 spiro atoms. The molecule has 0 saturated carbocycles. The number of fused-ring (bicyclic) bond motifs is 1. The lowest BCUT2D eigenvalue weighted by Crippen LogP contribution is -2.42. The van der Waals surface area contributed by atoms with E-state index in [0.29, 0.717) is 36.6 Å². The van der Waals surface area contributed by atoms with Crippen LogP contribution in [0.1, 0.15) is 27.3 Å². The summed E-state index contributed by atoms with van der Waals surface area (Å²) in [6, 6.07) is 5.18. The highest BCUT2D eigenvalue weighted by Gasteiger charge is 2.29. The smallest absolute Gasteiger partial charge is 0.356 e. The summed E-state index contributed by atoms with van der Waals surface area (Å²) in [6.07, 6.45) is 0.565. The Kier molecular flexibility index (Phi) is 5.20. The van der Waals surface area contributed by atoms with E-state index in [1.54, 1.807) is 43.0 Å². The molecule has 0 radical (unpaired) electrons. The summed E-state index contributed by atoms with van der Waals surface area (Å²) in [4.78, 5) is 25.5. The van der Waals surface area contributed by atoms with Crippen molar-refractivity contribution < 1.29 is 24.2 Å². The van der Waals surface area contributed by atoms with Crippen LogP contribution in [-0.2, 0) is 26.6 Å². The van der Waals surface area contributed by atoms with Crippen LogP contribution in [0.3, 0.4) is 0 Å². The monoisotopic (exact) mass is 374 g/mol. The van der Waals surface area contributed by atoms with Gasteiger partial charge in [-0.2, -0.15) is 5.10 Å². The molecule has 1 aliphatic heterocycles. The third-order valence-electron chi connectivity index (χ3n) is 4.62. The minimum Gasteiger partial charge on any atom is -0.493 e. The molecular formula is C18H22N4O5. The molecule has 0 bridgehead atoms. The molecule has 144 valence electrons. The molecule has 1 aliphatic rings. The van der Waals surface area contributed by atoms with E-state index in [4.69, 9.17) is 9.47 Å². The molecule has 27 heavy (non-hydrogen) atoms. The maximum atomic E-state index is 12.5. The van der Waals surface area contributed by atoms with Crippen molar-refractivity contribution in [1.82, 2.24) is 20.0 Å². The Labute approximate surface area is 156 Å². The number of aryl methyl sites for hydroxylation is 1. The van der Waals surface area contributed by atoms with E-state index in [2.05, 4.69) is 10.4 Å². The summed E-state index contributed by atoms with van der Waals surface area (Å²) in [7, 11) is 4.84. The number of nitrogens with one attached hydrogen (secondary N) is 1. The molecule has 0 aliphatic carbocycles. The fourth-order valence-electron chi connectivity index (χ4n) is 3.22. The Morgan fingerprint density at radius 3 is 2.67 bits per heavy atom. The van der Waals surface area contributed by atoms with Gasteiger partial charge in [-0.15, -0.1) is 0 Å². The molecule has 0 unspecified atom stereocenters. The number of rotatable bonds is 5. The molecule has 1 aromatic heterocycles. The summed E-state index contributed by atoms with van der Waals surface area (Å²) >= 11 is 0. The van der Waals surface area contributed by atoms with Gasteiger partial charge in [0.1, 0.15) is 0 Å². The highest BCUT2D eigenvalue weighted by Crippen LogP contribution is 2.27. The van der Waals surface area contributed by atoms with Gasteiger partial charge in [0, 0.05) is 37.8 Å². The van der Waals surface area contributed by atoms with Crippen molar-refractivity contribution in [3.05, 3.63) is 40.7 Å². The van der Waals surface area contributed by atoms with E-state index < -0.39 is 5.97 Å². The number of hydrogen-bond donors (Lipinski definition) is 2. The minimum atomic E-state index is -1.08. The lowest BCUT2D eigenvalue weighted by Gasteiger charge is -2.27. The van der Waals surface area contributed by atoms with E-state index in [-0.39, 0.29) is 18.3 Å². The third-order valence-corrected chi connectivity index (χ3v) is 4.62. The van der Waals surface area contributed by atoms with Gasteiger partial charge < -0.3 is 24.8 Å². The number of carbonyl (C=O) groups is 2. The molecule has 2 amide bonds. The number of amides is 2. The summed E-state index contributed by atoms with van der Waals surface area (Å²) in [5, 5.41) is 16.2. The number of aromatic carboxylic acids is 1. The van der Waals surface area contributed by atoms with Crippen LogP contribution in [0.5, 0.6) is 11.5 Å². The lowest BCUT2D eigenvalue weighted by molar-refractivity contribution is 0.0687. The van der Waals surface area contributed by atoms with Gasteiger partial charge in [0.15, 0.2) is 17.2 Å². The van der Waals surface area contributed by atoms with Crippen LogP contribution in [0.2, 0.25) is 0 Å². The van der Waals surface area contributed by atoms with Gasteiger partial charge in [-0.25, -0.2) is 9.59 Å². The minimum absolute atomic E-state index is 0.00453. The summed E-state index contributed by atoms with van der Waals surface area (Å²) in [6.45, 7) is 1.05. The van der Waals surface area contributed by atoms with Crippen molar-refractivity contribution in [1.29, 1.82) is 0 Å². The predicted molar refractivity (Wildman–Crippen MR) is 96.1 cm³/mol. The van der Waals surface area contributed by atoms with E-state index in [0.717, 1.165) is 11.3 Å². The van der Waals surface area contributed by atoms with Gasteiger partial charge in [-0.1, -0.05) is 6.07 Å². The number of ether oxygens (including phenoxy) is 2. The standard InChI is InChI=1S/C18H22N4O5/c1-21-13-6-7-22(10-12(13)16(20-21)17(23)24)18(25)19-9-11-4-5-14(26-2)15(8-11)27-3/h4-5,8H,6-7,9-10H2,1-3H3,(H,19,25)(H,23,24). The molecule has 9 heteroatoms. The van der Waals surface area contributed by atoms with Crippen LogP contribution < -0.4 is 14.8 Å². The second-order valence-corrected chi connectivity index (χ2v) is 6.22. The number of benzene rings is 1. The number of hydrogen-bond acceptors (Lipinski definition) is 5. The molecule has 0 saturated heterocycles. The number of carboxylic acids is 1. The van der Waals surface area contributed by atoms with Crippen LogP contribution in [-0.4, -0.2) is 52.6 Å². The Balaban J connectivity index is 1.67. The van der Waals surface area contributed by atoms with Crippen molar-refractivity contribution in [3.8, 4) is 11.5 Å². The van der Waals surface area contributed by atoms with Gasteiger partial charge in [-0.05, 0) is 17.7 Å². The van der Waals surface area contributed by atoms with E-state index in [9.17, 15) is 14.7 Å². The zero-order valence-corrected chi connectivity index (χ0v) is 15.5.